The fourth-order valence-corrected chi connectivity index (χ4v) is 2.79. The van der Waals surface area contributed by atoms with E-state index in [-0.39, 0.29) is 5.57 Å². The minimum atomic E-state index is -2.10. The summed E-state index contributed by atoms with van der Waals surface area (Å²) in [6.07, 6.45) is 0. The highest BCUT2D eigenvalue weighted by atomic mass is 19.1. The van der Waals surface area contributed by atoms with E-state index in [1.54, 1.807) is 12.1 Å². The fraction of sp³-hybridized carbons (Fsp3) is 0.167. The standard InChI is InChI=1S/C18H13F3O4/c1-18(23)16(9-3-5-11(24-2)6-4-9)15(17(22)25-18)14-12(20)7-10(19)8-13(14)21/h3-8,23H,1-2H3. The SMILES string of the molecule is COc1ccc(C2=C(c3c(F)cc(F)cc3F)C(=O)OC2(C)O)cc1. The molecule has 1 aliphatic rings. The Hall–Kier alpha value is -2.80. The largest absolute Gasteiger partial charge is 0.497 e. The fourth-order valence-electron chi connectivity index (χ4n) is 2.79. The van der Waals surface area contributed by atoms with Crippen LogP contribution in [0, 0.1) is 17.5 Å². The van der Waals surface area contributed by atoms with Gasteiger partial charge >= 0.3 is 5.97 Å². The van der Waals surface area contributed by atoms with Gasteiger partial charge < -0.3 is 14.6 Å². The van der Waals surface area contributed by atoms with Gasteiger partial charge in [0.2, 0.25) is 5.79 Å². The zero-order valence-corrected chi connectivity index (χ0v) is 13.3. The van der Waals surface area contributed by atoms with Crippen molar-refractivity contribution < 1.29 is 32.5 Å². The zero-order valence-electron chi connectivity index (χ0n) is 13.3. The van der Waals surface area contributed by atoms with E-state index in [4.69, 9.17) is 9.47 Å². The van der Waals surface area contributed by atoms with Gasteiger partial charge in [0.1, 0.15) is 23.2 Å². The molecule has 130 valence electrons. The molecule has 0 aliphatic carbocycles. The summed E-state index contributed by atoms with van der Waals surface area (Å²) in [5, 5.41) is 10.4. The number of esters is 1. The summed E-state index contributed by atoms with van der Waals surface area (Å²) in [7, 11) is 1.46. The molecule has 1 aliphatic heterocycles. The van der Waals surface area contributed by atoms with Gasteiger partial charge in [-0.1, -0.05) is 12.1 Å². The van der Waals surface area contributed by atoms with Gasteiger partial charge in [-0.15, -0.1) is 0 Å². The Labute approximate surface area is 141 Å². The highest BCUT2D eigenvalue weighted by Gasteiger charge is 2.45. The lowest BCUT2D eigenvalue weighted by Crippen LogP contribution is -2.26. The van der Waals surface area contributed by atoms with E-state index in [1.807, 2.05) is 0 Å². The summed E-state index contributed by atoms with van der Waals surface area (Å²) in [6, 6.07) is 7.02. The maximum absolute atomic E-state index is 14.2. The molecule has 1 heterocycles. The molecule has 0 spiro atoms. The van der Waals surface area contributed by atoms with Crippen molar-refractivity contribution in [3.05, 3.63) is 65.0 Å². The summed E-state index contributed by atoms with van der Waals surface area (Å²) < 4.78 is 51.4. The molecule has 3 rings (SSSR count). The van der Waals surface area contributed by atoms with E-state index < -0.39 is 40.3 Å². The van der Waals surface area contributed by atoms with Crippen LogP contribution in [0.5, 0.6) is 5.75 Å². The van der Waals surface area contributed by atoms with Gasteiger partial charge in [-0.3, -0.25) is 0 Å². The topological polar surface area (TPSA) is 55.8 Å². The molecule has 0 aromatic heterocycles. The molecular formula is C18H13F3O4. The molecule has 2 aromatic rings. The van der Waals surface area contributed by atoms with Crippen molar-refractivity contribution in [1.82, 2.24) is 0 Å². The smallest absolute Gasteiger partial charge is 0.342 e. The quantitative estimate of drug-likeness (QED) is 0.863. The number of ether oxygens (including phenoxy) is 2. The van der Waals surface area contributed by atoms with Crippen LogP contribution in [0.15, 0.2) is 36.4 Å². The van der Waals surface area contributed by atoms with Crippen molar-refractivity contribution in [2.75, 3.05) is 7.11 Å². The van der Waals surface area contributed by atoms with Gasteiger partial charge in [0, 0.05) is 24.6 Å². The summed E-state index contributed by atoms with van der Waals surface area (Å²) >= 11 is 0. The van der Waals surface area contributed by atoms with E-state index in [0.717, 1.165) is 0 Å². The second kappa shape index (κ2) is 5.93. The first-order valence-electron chi connectivity index (χ1n) is 7.24. The van der Waals surface area contributed by atoms with E-state index in [2.05, 4.69) is 0 Å². The molecule has 7 heteroatoms. The highest BCUT2D eigenvalue weighted by molar-refractivity contribution is 6.28. The van der Waals surface area contributed by atoms with Crippen LogP contribution >= 0.6 is 0 Å². The summed E-state index contributed by atoms with van der Waals surface area (Å²) in [5.41, 5.74) is -1.07. The Morgan fingerprint density at radius 1 is 1.08 bits per heavy atom. The Morgan fingerprint density at radius 3 is 2.16 bits per heavy atom. The number of methoxy groups -OCH3 is 1. The number of benzene rings is 2. The van der Waals surface area contributed by atoms with Gasteiger partial charge in [-0.2, -0.15) is 0 Å². The van der Waals surface area contributed by atoms with Crippen LogP contribution in [0.4, 0.5) is 13.2 Å². The van der Waals surface area contributed by atoms with Crippen LogP contribution in [0.25, 0.3) is 11.1 Å². The van der Waals surface area contributed by atoms with Crippen molar-refractivity contribution in [2.45, 2.75) is 12.7 Å². The van der Waals surface area contributed by atoms with Gasteiger partial charge in [0.15, 0.2) is 0 Å². The van der Waals surface area contributed by atoms with E-state index in [9.17, 15) is 23.1 Å². The Bertz CT molecular complexity index is 863. The zero-order chi connectivity index (χ0) is 18.4. The molecule has 0 radical (unpaired) electrons. The van der Waals surface area contributed by atoms with Gasteiger partial charge in [0.25, 0.3) is 0 Å². The molecule has 1 N–H and O–H groups in total. The molecule has 2 aromatic carbocycles. The van der Waals surface area contributed by atoms with Crippen molar-refractivity contribution in [2.24, 2.45) is 0 Å². The molecule has 0 saturated heterocycles. The molecule has 25 heavy (non-hydrogen) atoms. The molecule has 1 unspecified atom stereocenters. The van der Waals surface area contributed by atoms with Crippen LogP contribution < -0.4 is 4.74 Å². The first-order valence-corrected chi connectivity index (χ1v) is 7.24. The van der Waals surface area contributed by atoms with Gasteiger partial charge in [-0.05, 0) is 17.7 Å². The number of carbonyl (C=O) groups excluding carboxylic acids is 1. The Balaban J connectivity index is 2.30. The number of hydrogen-bond donors (Lipinski definition) is 1. The highest BCUT2D eigenvalue weighted by Crippen LogP contribution is 2.44. The molecular weight excluding hydrogens is 337 g/mol. The second-order valence-corrected chi connectivity index (χ2v) is 5.60. The minimum absolute atomic E-state index is 0.121. The minimum Gasteiger partial charge on any atom is -0.497 e. The maximum atomic E-state index is 14.2. The normalized spacial score (nSPS) is 20.0. The molecule has 0 fully saturated rings. The third kappa shape index (κ3) is 2.87. The van der Waals surface area contributed by atoms with E-state index in [1.165, 1.54) is 26.2 Å². The third-order valence-electron chi connectivity index (χ3n) is 3.84. The van der Waals surface area contributed by atoms with Crippen LogP contribution in [-0.4, -0.2) is 24.0 Å². The van der Waals surface area contributed by atoms with Gasteiger partial charge in [-0.25, -0.2) is 18.0 Å². The number of cyclic esters (lactones) is 1. The molecule has 1 atom stereocenters. The lowest BCUT2D eigenvalue weighted by molar-refractivity contribution is -0.169. The summed E-state index contributed by atoms with van der Waals surface area (Å²) in [5.74, 6) is -6.37. The van der Waals surface area contributed by atoms with Crippen LogP contribution in [0.1, 0.15) is 18.1 Å². The van der Waals surface area contributed by atoms with Crippen molar-refractivity contribution in [1.29, 1.82) is 0 Å². The Morgan fingerprint density at radius 2 is 1.64 bits per heavy atom. The average Bonchev–Trinajstić information content (AvgIpc) is 2.75. The van der Waals surface area contributed by atoms with Crippen molar-refractivity contribution in [3.8, 4) is 5.75 Å². The third-order valence-corrected chi connectivity index (χ3v) is 3.84. The second-order valence-electron chi connectivity index (χ2n) is 5.60. The van der Waals surface area contributed by atoms with Crippen molar-refractivity contribution in [3.63, 3.8) is 0 Å². The predicted octanol–water partition coefficient (Wildman–Crippen LogP) is 3.29. The molecule has 0 amide bonds. The van der Waals surface area contributed by atoms with Crippen LogP contribution in [-0.2, 0) is 9.53 Å². The molecule has 4 nitrogen and oxygen atoms in total. The first kappa shape index (κ1) is 17.0. The number of aliphatic hydroxyl groups is 1. The number of hydrogen-bond acceptors (Lipinski definition) is 4. The lowest BCUT2D eigenvalue weighted by atomic mass is 9.91. The first-order chi connectivity index (χ1) is 11.7. The van der Waals surface area contributed by atoms with E-state index >= 15 is 0 Å². The van der Waals surface area contributed by atoms with Gasteiger partial charge in [0.05, 0.1) is 18.2 Å². The van der Waals surface area contributed by atoms with Crippen LogP contribution in [0.3, 0.4) is 0 Å². The molecule has 0 bridgehead atoms. The average molecular weight is 350 g/mol. The Kier molecular flexibility index (Phi) is 4.04. The predicted molar refractivity (Wildman–Crippen MR) is 82.8 cm³/mol. The lowest BCUT2D eigenvalue weighted by Gasteiger charge is -2.20. The summed E-state index contributed by atoms with van der Waals surface area (Å²) in [6.45, 7) is 1.18. The number of halogens is 3. The number of carbonyl (C=O) groups is 1. The molecule has 0 saturated carbocycles. The van der Waals surface area contributed by atoms with Crippen molar-refractivity contribution >= 4 is 17.1 Å². The maximum Gasteiger partial charge on any atom is 0.342 e. The number of rotatable bonds is 3. The monoisotopic (exact) mass is 350 g/mol. The van der Waals surface area contributed by atoms with E-state index in [0.29, 0.717) is 23.4 Å². The van der Waals surface area contributed by atoms with Crippen LogP contribution in [0.2, 0.25) is 0 Å². The summed E-state index contributed by atoms with van der Waals surface area (Å²) in [4.78, 5) is 12.2.